The molecule has 0 amide bonds. The molecule has 2 aromatic rings. The van der Waals surface area contributed by atoms with Gasteiger partial charge >= 0.3 is 5.97 Å². The molecule has 1 N–H and O–H groups in total. The molecule has 0 bridgehead atoms. The number of hydrogen-bond donors (Lipinski definition) is 1. The van der Waals surface area contributed by atoms with E-state index in [-0.39, 0.29) is 16.2 Å². The number of aryl methyl sites for hydroxylation is 2. The molecule has 6 nitrogen and oxygen atoms in total. The SMILES string of the molecule is Cn1cc(CCS(=O)(=O)c2cccc(C(=O)O)c2)cn1. The molecule has 1 aromatic carbocycles. The average molecular weight is 294 g/mol. The number of nitrogens with zero attached hydrogens (tertiary/aromatic N) is 2. The smallest absolute Gasteiger partial charge is 0.335 e. The molecule has 1 aromatic heterocycles. The van der Waals surface area contributed by atoms with Gasteiger partial charge in [0.15, 0.2) is 9.84 Å². The second-order valence-corrected chi connectivity index (χ2v) is 6.53. The number of aromatic nitrogens is 2. The van der Waals surface area contributed by atoms with Crippen molar-refractivity contribution in [2.75, 3.05) is 5.75 Å². The van der Waals surface area contributed by atoms with Crippen LogP contribution in [0, 0.1) is 0 Å². The molecule has 0 saturated carbocycles. The molecule has 0 aliphatic heterocycles. The minimum atomic E-state index is -3.51. The molecule has 1 heterocycles. The Bertz CT molecular complexity index is 734. The number of rotatable bonds is 5. The normalized spacial score (nSPS) is 11.4. The van der Waals surface area contributed by atoms with E-state index in [0.29, 0.717) is 6.42 Å². The molecule has 0 unspecified atom stereocenters. The van der Waals surface area contributed by atoms with Crippen LogP contribution in [0.1, 0.15) is 15.9 Å². The molecule has 0 saturated heterocycles. The summed E-state index contributed by atoms with van der Waals surface area (Å²) in [5.74, 6) is -1.23. The van der Waals surface area contributed by atoms with Crippen molar-refractivity contribution in [3.63, 3.8) is 0 Å². The molecular weight excluding hydrogens is 280 g/mol. The third kappa shape index (κ3) is 3.24. The monoisotopic (exact) mass is 294 g/mol. The highest BCUT2D eigenvalue weighted by atomic mass is 32.2. The Morgan fingerprint density at radius 3 is 2.75 bits per heavy atom. The summed E-state index contributed by atoms with van der Waals surface area (Å²) in [4.78, 5) is 10.9. The highest BCUT2D eigenvalue weighted by Gasteiger charge is 2.16. The van der Waals surface area contributed by atoms with Crippen LogP contribution >= 0.6 is 0 Å². The van der Waals surface area contributed by atoms with E-state index in [9.17, 15) is 13.2 Å². The number of benzene rings is 1. The Morgan fingerprint density at radius 2 is 2.15 bits per heavy atom. The molecule has 0 atom stereocenters. The predicted octanol–water partition coefficient (Wildman–Crippen LogP) is 1.13. The van der Waals surface area contributed by atoms with Gasteiger partial charge in [0, 0.05) is 13.2 Å². The first-order valence-corrected chi connectivity index (χ1v) is 7.57. The molecule has 2 rings (SSSR count). The van der Waals surface area contributed by atoms with Crippen molar-refractivity contribution in [1.82, 2.24) is 9.78 Å². The van der Waals surface area contributed by atoms with Gasteiger partial charge in [-0.1, -0.05) is 6.07 Å². The molecule has 0 radical (unpaired) electrons. The number of carbonyl (C=O) groups is 1. The average Bonchev–Trinajstić information content (AvgIpc) is 2.82. The number of carboxylic acid groups (broad SMARTS) is 1. The molecule has 7 heteroatoms. The summed E-state index contributed by atoms with van der Waals surface area (Å²) in [6, 6.07) is 5.38. The fourth-order valence-electron chi connectivity index (χ4n) is 1.79. The highest BCUT2D eigenvalue weighted by Crippen LogP contribution is 2.15. The molecule has 20 heavy (non-hydrogen) atoms. The Kier molecular flexibility index (Phi) is 3.89. The summed E-state index contributed by atoms with van der Waals surface area (Å²) in [6.07, 6.45) is 3.71. The van der Waals surface area contributed by atoms with Crippen LogP contribution in [0.5, 0.6) is 0 Å². The van der Waals surface area contributed by atoms with Crippen molar-refractivity contribution in [2.45, 2.75) is 11.3 Å². The molecule has 0 aliphatic carbocycles. The summed E-state index contributed by atoms with van der Waals surface area (Å²) in [5, 5.41) is 12.9. The maximum Gasteiger partial charge on any atom is 0.335 e. The lowest BCUT2D eigenvalue weighted by molar-refractivity contribution is 0.0696. The number of hydrogen-bond acceptors (Lipinski definition) is 4. The largest absolute Gasteiger partial charge is 0.478 e. The van der Waals surface area contributed by atoms with E-state index in [0.717, 1.165) is 5.56 Å². The zero-order valence-corrected chi connectivity index (χ0v) is 11.7. The van der Waals surface area contributed by atoms with Gasteiger partial charge in [0.2, 0.25) is 0 Å². The maximum absolute atomic E-state index is 12.2. The predicted molar refractivity (Wildman–Crippen MR) is 72.4 cm³/mol. The van der Waals surface area contributed by atoms with Gasteiger partial charge in [0.25, 0.3) is 0 Å². The topological polar surface area (TPSA) is 89.3 Å². The second kappa shape index (κ2) is 5.46. The summed E-state index contributed by atoms with van der Waals surface area (Å²) in [6.45, 7) is 0. The van der Waals surface area contributed by atoms with Crippen molar-refractivity contribution < 1.29 is 18.3 Å². The lowest BCUT2D eigenvalue weighted by Crippen LogP contribution is -2.10. The van der Waals surface area contributed by atoms with E-state index in [1.807, 2.05) is 0 Å². The minimum absolute atomic E-state index is 0.0290. The Hall–Kier alpha value is -2.15. The third-order valence-electron chi connectivity index (χ3n) is 2.86. The Balaban J connectivity index is 2.17. The standard InChI is InChI=1S/C13H14N2O4S/c1-15-9-10(8-14-15)5-6-20(18,19)12-4-2-3-11(7-12)13(16)17/h2-4,7-9H,5-6H2,1H3,(H,16,17). The van der Waals surface area contributed by atoms with E-state index in [4.69, 9.17) is 5.11 Å². The van der Waals surface area contributed by atoms with Crippen LogP contribution in [-0.2, 0) is 23.3 Å². The van der Waals surface area contributed by atoms with Crippen LogP contribution in [0.2, 0.25) is 0 Å². The molecule has 0 fully saturated rings. The lowest BCUT2D eigenvalue weighted by Gasteiger charge is -2.04. The van der Waals surface area contributed by atoms with Gasteiger partial charge in [-0.3, -0.25) is 4.68 Å². The summed E-state index contributed by atoms with van der Waals surface area (Å²) in [5.41, 5.74) is 0.790. The highest BCUT2D eigenvalue weighted by molar-refractivity contribution is 7.91. The molecular formula is C13H14N2O4S. The van der Waals surface area contributed by atoms with Crippen LogP contribution in [-0.4, -0.2) is 35.0 Å². The number of sulfone groups is 1. The van der Waals surface area contributed by atoms with Crippen LogP contribution < -0.4 is 0 Å². The van der Waals surface area contributed by atoms with Crippen LogP contribution in [0.3, 0.4) is 0 Å². The summed E-state index contributed by atoms with van der Waals surface area (Å²) >= 11 is 0. The van der Waals surface area contributed by atoms with E-state index < -0.39 is 15.8 Å². The van der Waals surface area contributed by atoms with Crippen LogP contribution in [0.4, 0.5) is 0 Å². The summed E-state index contributed by atoms with van der Waals surface area (Å²) < 4.78 is 25.9. The number of carboxylic acids is 1. The fraction of sp³-hybridized carbons (Fsp3) is 0.231. The first-order valence-electron chi connectivity index (χ1n) is 5.92. The minimum Gasteiger partial charge on any atom is -0.478 e. The maximum atomic E-state index is 12.2. The summed E-state index contributed by atoms with van der Waals surface area (Å²) in [7, 11) is -1.75. The van der Waals surface area contributed by atoms with E-state index in [1.165, 1.54) is 24.3 Å². The van der Waals surface area contributed by atoms with Gasteiger partial charge in [-0.25, -0.2) is 13.2 Å². The van der Waals surface area contributed by atoms with Crippen molar-refractivity contribution in [2.24, 2.45) is 7.05 Å². The first-order chi connectivity index (χ1) is 9.38. The van der Waals surface area contributed by atoms with Crippen molar-refractivity contribution in [3.8, 4) is 0 Å². The van der Waals surface area contributed by atoms with E-state index in [2.05, 4.69) is 5.10 Å². The Labute approximate surface area is 116 Å². The van der Waals surface area contributed by atoms with E-state index in [1.54, 1.807) is 24.1 Å². The zero-order chi connectivity index (χ0) is 14.8. The molecule has 0 aliphatic rings. The second-order valence-electron chi connectivity index (χ2n) is 4.42. The molecule has 106 valence electrons. The van der Waals surface area contributed by atoms with Gasteiger partial charge in [0.05, 0.1) is 22.4 Å². The van der Waals surface area contributed by atoms with Gasteiger partial charge in [-0.15, -0.1) is 0 Å². The van der Waals surface area contributed by atoms with Crippen molar-refractivity contribution in [3.05, 3.63) is 47.8 Å². The van der Waals surface area contributed by atoms with Gasteiger partial charge in [-0.05, 0) is 30.2 Å². The zero-order valence-electron chi connectivity index (χ0n) is 10.9. The van der Waals surface area contributed by atoms with Crippen molar-refractivity contribution in [1.29, 1.82) is 0 Å². The fourth-order valence-corrected chi connectivity index (χ4v) is 3.13. The van der Waals surface area contributed by atoms with Crippen molar-refractivity contribution >= 4 is 15.8 Å². The van der Waals surface area contributed by atoms with E-state index >= 15 is 0 Å². The Morgan fingerprint density at radius 1 is 1.40 bits per heavy atom. The third-order valence-corrected chi connectivity index (χ3v) is 4.57. The van der Waals surface area contributed by atoms with Gasteiger partial charge in [-0.2, -0.15) is 5.10 Å². The first kappa shape index (κ1) is 14.3. The van der Waals surface area contributed by atoms with Gasteiger partial charge < -0.3 is 5.11 Å². The van der Waals surface area contributed by atoms with Crippen LogP contribution in [0.15, 0.2) is 41.6 Å². The van der Waals surface area contributed by atoms with Gasteiger partial charge in [0.1, 0.15) is 0 Å². The lowest BCUT2D eigenvalue weighted by atomic mass is 10.2. The quantitative estimate of drug-likeness (QED) is 0.893. The number of aromatic carboxylic acids is 1. The molecule has 0 spiro atoms. The van der Waals surface area contributed by atoms with Crippen LogP contribution in [0.25, 0.3) is 0 Å².